The van der Waals surface area contributed by atoms with Crippen LogP contribution in [-0.4, -0.2) is 30.7 Å². The van der Waals surface area contributed by atoms with Crippen molar-refractivity contribution in [3.05, 3.63) is 59.8 Å². The molecule has 4 rings (SSSR count). The average Bonchev–Trinajstić information content (AvgIpc) is 2.85. The molecule has 1 aliphatic rings. The summed E-state index contributed by atoms with van der Waals surface area (Å²) >= 11 is 0. The van der Waals surface area contributed by atoms with Gasteiger partial charge in [-0.25, -0.2) is 0 Å². The highest BCUT2D eigenvalue weighted by atomic mass is 16.5. The molecule has 2 aromatic carbocycles. The number of carboxylic acids is 1. The summed E-state index contributed by atoms with van der Waals surface area (Å²) in [5.41, 5.74) is 5.36. The van der Waals surface area contributed by atoms with Crippen molar-refractivity contribution in [2.24, 2.45) is 0 Å². The van der Waals surface area contributed by atoms with Crippen molar-refractivity contribution in [1.82, 2.24) is 9.88 Å². The fourth-order valence-corrected chi connectivity index (χ4v) is 3.73. The van der Waals surface area contributed by atoms with Crippen molar-refractivity contribution < 1.29 is 14.6 Å². The summed E-state index contributed by atoms with van der Waals surface area (Å²) in [5.74, 6) is -0.537. The molecule has 27 heavy (non-hydrogen) atoms. The molecule has 0 amide bonds. The first-order chi connectivity index (χ1) is 13.2. The second-order valence-corrected chi connectivity index (χ2v) is 6.67. The predicted octanol–water partition coefficient (Wildman–Crippen LogP) is 2.23. The molecule has 0 unspecified atom stereocenters. The molecule has 2 heterocycles. The van der Waals surface area contributed by atoms with Gasteiger partial charge in [-0.2, -0.15) is 0 Å². The second-order valence-electron chi connectivity index (χ2n) is 6.67. The highest BCUT2D eigenvalue weighted by Gasteiger charge is 2.13. The molecule has 0 aliphatic carbocycles. The largest absolute Gasteiger partial charge is 0.545 e. The van der Waals surface area contributed by atoms with Gasteiger partial charge in [-0.05, 0) is 53.1 Å². The van der Waals surface area contributed by atoms with E-state index in [0.29, 0.717) is 5.75 Å². The lowest BCUT2D eigenvalue weighted by atomic mass is 9.98. The molecule has 0 radical (unpaired) electrons. The summed E-state index contributed by atoms with van der Waals surface area (Å²) in [7, 11) is 1.59. The summed E-state index contributed by atoms with van der Waals surface area (Å²) in [6, 6.07) is 14.3. The van der Waals surface area contributed by atoms with E-state index in [1.54, 1.807) is 13.2 Å². The minimum Gasteiger partial charge on any atom is -0.545 e. The van der Waals surface area contributed by atoms with Gasteiger partial charge in [0.25, 0.3) is 0 Å². The number of carbonyl (C=O) groups is 1. The van der Waals surface area contributed by atoms with Crippen LogP contribution in [0.25, 0.3) is 28.1 Å². The highest BCUT2D eigenvalue weighted by molar-refractivity contribution is 5.90. The number of nitrogens with zero attached hydrogens (tertiary/aromatic N) is 1. The molecular weight excluding hydrogens is 340 g/mol. The maximum atomic E-state index is 10.9. The van der Waals surface area contributed by atoms with Crippen LogP contribution in [0.15, 0.2) is 48.5 Å². The molecule has 0 spiro atoms. The number of ether oxygens (including phenoxy) is 1. The Balaban J connectivity index is 1.81. The topological polar surface area (TPSA) is 66.3 Å². The number of aliphatic carboxylic acids is 1. The summed E-state index contributed by atoms with van der Waals surface area (Å²) in [6.45, 7) is 2.95. The molecule has 5 nitrogen and oxygen atoms in total. The zero-order valence-electron chi connectivity index (χ0n) is 15.2. The summed E-state index contributed by atoms with van der Waals surface area (Å²) in [5, 5.41) is 15.5. The molecule has 1 aliphatic heterocycles. The van der Waals surface area contributed by atoms with Gasteiger partial charge in [0.15, 0.2) is 0 Å². The number of hydrogen-bond acceptors (Lipinski definition) is 4. The Morgan fingerprint density at radius 3 is 2.89 bits per heavy atom. The third kappa shape index (κ3) is 3.46. The molecule has 3 aromatic rings. The lowest BCUT2D eigenvalue weighted by molar-refractivity contribution is -0.297. The fourth-order valence-electron chi connectivity index (χ4n) is 3.73. The van der Waals surface area contributed by atoms with Crippen LogP contribution in [0.1, 0.15) is 11.3 Å². The van der Waals surface area contributed by atoms with Gasteiger partial charge in [0.05, 0.1) is 13.1 Å². The van der Waals surface area contributed by atoms with Gasteiger partial charge in [0, 0.05) is 42.7 Å². The average molecular weight is 361 g/mol. The minimum absolute atomic E-state index is 0.681. The summed E-state index contributed by atoms with van der Waals surface area (Å²) < 4.78 is 7.66. The van der Waals surface area contributed by atoms with E-state index in [9.17, 15) is 9.90 Å². The van der Waals surface area contributed by atoms with E-state index in [0.717, 1.165) is 48.8 Å². The Hall–Kier alpha value is -3.05. The second kappa shape index (κ2) is 7.29. The number of aromatic nitrogens is 1. The first-order valence-electron chi connectivity index (χ1n) is 9.06. The number of nitrogens with one attached hydrogen (secondary N) is 1. The third-order valence-electron chi connectivity index (χ3n) is 5.03. The van der Waals surface area contributed by atoms with Crippen LogP contribution >= 0.6 is 0 Å². The number of carboxylic acid groups (broad SMARTS) is 1. The number of hydrogen-bond donors (Lipinski definition) is 1. The van der Waals surface area contributed by atoms with Crippen LogP contribution in [0.5, 0.6) is 5.75 Å². The van der Waals surface area contributed by atoms with E-state index in [1.165, 1.54) is 16.6 Å². The van der Waals surface area contributed by atoms with E-state index >= 15 is 0 Å². The molecule has 0 bridgehead atoms. The van der Waals surface area contributed by atoms with Crippen molar-refractivity contribution >= 4 is 22.9 Å². The van der Waals surface area contributed by atoms with Gasteiger partial charge in [0.1, 0.15) is 5.75 Å². The summed E-state index contributed by atoms with van der Waals surface area (Å²) in [4.78, 5) is 10.9. The van der Waals surface area contributed by atoms with E-state index in [4.69, 9.17) is 4.74 Å². The Kier molecular flexibility index (Phi) is 4.69. The molecule has 0 fully saturated rings. The van der Waals surface area contributed by atoms with Gasteiger partial charge in [-0.1, -0.05) is 18.2 Å². The molecule has 0 atom stereocenters. The third-order valence-corrected chi connectivity index (χ3v) is 5.03. The highest BCUT2D eigenvalue weighted by Crippen LogP contribution is 2.32. The lowest BCUT2D eigenvalue weighted by Gasteiger charge is -2.11. The molecule has 0 saturated heterocycles. The monoisotopic (exact) mass is 361 g/mol. The van der Waals surface area contributed by atoms with Crippen molar-refractivity contribution in [3.8, 4) is 16.9 Å². The van der Waals surface area contributed by atoms with Crippen LogP contribution in [0.2, 0.25) is 0 Å². The van der Waals surface area contributed by atoms with Crippen LogP contribution in [0.4, 0.5) is 0 Å². The standard InChI is InChI=1S/C22H22N2O3/c1-27-19-4-5-20(16(14-19)3-7-22(25)26)15-2-6-21-17(12-15)13-18-8-9-23-10-11-24(18)21/h2-7,12-14,23H,8-11H2,1H3,(H,25,26)/p-1/b7-3+. The van der Waals surface area contributed by atoms with E-state index in [2.05, 4.69) is 34.1 Å². The van der Waals surface area contributed by atoms with Gasteiger partial charge in [-0.15, -0.1) is 0 Å². The van der Waals surface area contributed by atoms with Crippen LogP contribution < -0.4 is 15.2 Å². The number of benzene rings is 2. The molecule has 5 heteroatoms. The van der Waals surface area contributed by atoms with Crippen molar-refractivity contribution in [2.45, 2.75) is 13.0 Å². The Morgan fingerprint density at radius 2 is 2.07 bits per heavy atom. The number of methoxy groups -OCH3 is 1. The zero-order chi connectivity index (χ0) is 18.8. The first kappa shape index (κ1) is 17.4. The molecule has 138 valence electrons. The first-order valence-corrected chi connectivity index (χ1v) is 9.06. The zero-order valence-corrected chi connectivity index (χ0v) is 15.2. The molecule has 0 saturated carbocycles. The normalized spacial score (nSPS) is 14.3. The fraction of sp³-hybridized carbons (Fsp3) is 0.227. The van der Waals surface area contributed by atoms with Gasteiger partial charge < -0.3 is 24.5 Å². The quantitative estimate of drug-likeness (QED) is 0.724. The van der Waals surface area contributed by atoms with Crippen LogP contribution in [-0.2, 0) is 17.8 Å². The SMILES string of the molecule is COc1ccc(-c2ccc3c(c2)cc2n3CCNCC2)c(/C=C/C(=O)[O-])c1. The number of rotatable bonds is 4. The van der Waals surface area contributed by atoms with E-state index in [1.807, 2.05) is 18.2 Å². The van der Waals surface area contributed by atoms with Gasteiger partial charge >= 0.3 is 0 Å². The Labute approximate surface area is 157 Å². The maximum absolute atomic E-state index is 10.9. The Morgan fingerprint density at radius 1 is 1.19 bits per heavy atom. The van der Waals surface area contributed by atoms with Crippen molar-refractivity contribution in [2.75, 3.05) is 20.2 Å². The smallest absolute Gasteiger partial charge is 0.119 e. The predicted molar refractivity (Wildman–Crippen MR) is 105 cm³/mol. The lowest BCUT2D eigenvalue weighted by Crippen LogP contribution is -2.18. The molecular formula is C22H21N2O3-. The van der Waals surface area contributed by atoms with Gasteiger partial charge in [-0.3, -0.25) is 0 Å². The minimum atomic E-state index is -1.22. The van der Waals surface area contributed by atoms with E-state index < -0.39 is 5.97 Å². The van der Waals surface area contributed by atoms with Gasteiger partial charge in [0.2, 0.25) is 0 Å². The van der Waals surface area contributed by atoms with Crippen LogP contribution in [0, 0.1) is 0 Å². The van der Waals surface area contributed by atoms with Crippen molar-refractivity contribution in [1.29, 1.82) is 0 Å². The van der Waals surface area contributed by atoms with Crippen molar-refractivity contribution in [3.63, 3.8) is 0 Å². The number of carbonyl (C=O) groups excluding carboxylic acids is 1. The van der Waals surface area contributed by atoms with Crippen LogP contribution in [0.3, 0.4) is 0 Å². The number of fused-ring (bicyclic) bond motifs is 3. The maximum Gasteiger partial charge on any atom is 0.119 e. The van der Waals surface area contributed by atoms with E-state index in [-0.39, 0.29) is 0 Å². The molecule has 1 aromatic heterocycles. The molecule has 1 N–H and O–H groups in total. The summed E-state index contributed by atoms with van der Waals surface area (Å²) in [6.07, 6.45) is 3.62. The Bertz CT molecular complexity index is 1030.